The summed E-state index contributed by atoms with van der Waals surface area (Å²) in [5, 5.41) is 7.39. The Kier molecular flexibility index (Phi) is 9.76. The van der Waals surface area contributed by atoms with Crippen molar-refractivity contribution in [2.45, 2.75) is 20.3 Å². The zero-order valence-electron chi connectivity index (χ0n) is 19.4. The summed E-state index contributed by atoms with van der Waals surface area (Å²) in [4.78, 5) is 38.4. The van der Waals surface area contributed by atoms with Crippen LogP contribution in [-0.4, -0.2) is 48.3 Å². The van der Waals surface area contributed by atoms with Crippen molar-refractivity contribution in [1.29, 1.82) is 5.41 Å². The molecular formula is C26H29N3O5. The molecule has 178 valence electrons. The van der Waals surface area contributed by atoms with Crippen LogP contribution in [0.4, 0.5) is 0 Å². The molecule has 2 rings (SSSR count). The number of hydrogen-bond acceptors (Lipinski definition) is 6. The number of amides is 1. The number of rotatable bonds is 11. The van der Waals surface area contributed by atoms with Crippen molar-refractivity contribution in [1.82, 2.24) is 4.90 Å². The van der Waals surface area contributed by atoms with Crippen LogP contribution >= 0.6 is 0 Å². The van der Waals surface area contributed by atoms with Gasteiger partial charge in [-0.15, -0.1) is 6.58 Å². The number of benzene rings is 2. The molecule has 0 aromatic heterocycles. The van der Waals surface area contributed by atoms with Crippen molar-refractivity contribution in [3.63, 3.8) is 0 Å². The molecular weight excluding hydrogens is 434 g/mol. The molecule has 0 aliphatic carbocycles. The molecule has 2 aromatic rings. The van der Waals surface area contributed by atoms with Crippen LogP contribution in [0.3, 0.4) is 0 Å². The van der Waals surface area contributed by atoms with Gasteiger partial charge >= 0.3 is 11.9 Å². The van der Waals surface area contributed by atoms with Crippen LogP contribution in [0.1, 0.15) is 41.8 Å². The van der Waals surface area contributed by atoms with Gasteiger partial charge in [-0.05, 0) is 61.9 Å². The highest BCUT2D eigenvalue weighted by atomic mass is 16.5. The predicted molar refractivity (Wildman–Crippen MR) is 131 cm³/mol. The molecule has 0 heterocycles. The highest BCUT2D eigenvalue weighted by molar-refractivity contribution is 5.98. The molecule has 0 aliphatic heterocycles. The van der Waals surface area contributed by atoms with Crippen LogP contribution in [-0.2, 0) is 14.3 Å². The largest absolute Gasteiger partial charge is 0.466 e. The van der Waals surface area contributed by atoms with Crippen molar-refractivity contribution >= 4 is 29.8 Å². The normalized spacial score (nSPS) is 10.8. The van der Waals surface area contributed by atoms with E-state index < -0.39 is 5.97 Å². The van der Waals surface area contributed by atoms with Crippen LogP contribution in [0.2, 0.25) is 0 Å². The third kappa shape index (κ3) is 7.74. The molecule has 0 saturated heterocycles. The molecule has 3 N–H and O–H groups in total. The van der Waals surface area contributed by atoms with E-state index in [9.17, 15) is 14.4 Å². The van der Waals surface area contributed by atoms with E-state index in [1.54, 1.807) is 74.5 Å². The number of amidine groups is 1. The molecule has 2 aromatic carbocycles. The molecule has 0 aliphatic rings. The van der Waals surface area contributed by atoms with E-state index in [0.29, 0.717) is 35.6 Å². The molecule has 0 atom stereocenters. The lowest BCUT2D eigenvalue weighted by Gasteiger charge is -2.21. The first kappa shape index (κ1) is 26.1. The van der Waals surface area contributed by atoms with Gasteiger partial charge in [-0.1, -0.05) is 18.2 Å². The number of nitrogen functional groups attached to an aromatic ring is 1. The Labute approximate surface area is 199 Å². The molecule has 0 spiro atoms. The quantitative estimate of drug-likeness (QED) is 0.131. The molecule has 0 radical (unpaired) electrons. The fourth-order valence-electron chi connectivity index (χ4n) is 3.04. The third-order valence-electron chi connectivity index (χ3n) is 4.77. The van der Waals surface area contributed by atoms with Crippen LogP contribution in [0.15, 0.2) is 66.8 Å². The maximum absolute atomic E-state index is 12.8. The Morgan fingerprint density at radius 3 is 2.24 bits per heavy atom. The minimum Gasteiger partial charge on any atom is -0.466 e. The van der Waals surface area contributed by atoms with Crippen molar-refractivity contribution in [3.8, 4) is 5.75 Å². The Morgan fingerprint density at radius 1 is 1.06 bits per heavy atom. The highest BCUT2D eigenvalue weighted by Gasteiger charge is 2.16. The van der Waals surface area contributed by atoms with Crippen LogP contribution < -0.4 is 10.5 Å². The summed E-state index contributed by atoms with van der Waals surface area (Å²) < 4.78 is 10.3. The zero-order chi connectivity index (χ0) is 25.1. The van der Waals surface area contributed by atoms with Gasteiger partial charge in [-0.25, -0.2) is 4.79 Å². The van der Waals surface area contributed by atoms with Crippen molar-refractivity contribution in [2.75, 3.05) is 19.7 Å². The Bertz CT molecular complexity index is 1070. The van der Waals surface area contributed by atoms with E-state index >= 15 is 0 Å². The van der Waals surface area contributed by atoms with Gasteiger partial charge in [0.15, 0.2) is 0 Å². The zero-order valence-corrected chi connectivity index (χ0v) is 19.4. The lowest BCUT2D eigenvalue weighted by molar-refractivity contribution is -0.143. The standard InChI is InChI=1S/C26H29N3O5/c1-4-15-29(16-14-23(30)33-5-2)25(31)18(3)17-19-6-8-21(9-7-19)26(32)34-22-12-10-20(11-13-22)24(27)28/h4,6-13,17H,1,5,14-16H2,2-3H3,(H3,27,28). The van der Waals surface area contributed by atoms with E-state index in [1.165, 1.54) is 4.90 Å². The maximum atomic E-state index is 12.8. The molecule has 0 saturated carbocycles. The average Bonchev–Trinajstić information content (AvgIpc) is 2.82. The van der Waals surface area contributed by atoms with Gasteiger partial charge in [-0.3, -0.25) is 15.0 Å². The summed E-state index contributed by atoms with van der Waals surface area (Å²) >= 11 is 0. The molecule has 8 nitrogen and oxygen atoms in total. The number of carbonyl (C=O) groups excluding carboxylic acids is 3. The molecule has 1 amide bonds. The Hall–Kier alpha value is -4.20. The average molecular weight is 464 g/mol. The molecule has 8 heteroatoms. The minimum atomic E-state index is -0.532. The lowest BCUT2D eigenvalue weighted by Crippen LogP contribution is -2.34. The number of hydrogen-bond donors (Lipinski definition) is 2. The van der Waals surface area contributed by atoms with Gasteiger partial charge in [0.2, 0.25) is 5.91 Å². The number of nitrogens with zero attached hydrogens (tertiary/aromatic N) is 1. The summed E-state index contributed by atoms with van der Waals surface area (Å²) in [6.07, 6.45) is 3.41. The summed E-state index contributed by atoms with van der Waals surface area (Å²) in [6, 6.07) is 13.0. The van der Waals surface area contributed by atoms with Gasteiger partial charge in [0, 0.05) is 24.2 Å². The second-order valence-electron chi connectivity index (χ2n) is 7.37. The molecule has 0 fully saturated rings. The van der Waals surface area contributed by atoms with Crippen LogP contribution in [0.5, 0.6) is 5.75 Å². The predicted octanol–water partition coefficient (Wildman–Crippen LogP) is 3.56. The SMILES string of the molecule is C=CCN(CCC(=O)OCC)C(=O)C(C)=Cc1ccc(C(=O)Oc2ccc(C(=N)N)cc2)cc1. The smallest absolute Gasteiger partial charge is 0.343 e. The molecule has 0 unspecified atom stereocenters. The number of nitrogens with two attached hydrogens (primary N) is 1. The van der Waals surface area contributed by atoms with E-state index in [0.717, 1.165) is 5.56 Å². The van der Waals surface area contributed by atoms with E-state index in [-0.39, 0.29) is 30.7 Å². The number of carbonyl (C=O) groups is 3. The fraction of sp³-hybridized carbons (Fsp3) is 0.231. The summed E-state index contributed by atoms with van der Waals surface area (Å²) in [6.45, 7) is 7.92. The van der Waals surface area contributed by atoms with E-state index in [2.05, 4.69) is 6.58 Å². The Balaban J connectivity index is 2.03. The van der Waals surface area contributed by atoms with Gasteiger partial charge < -0.3 is 20.1 Å². The monoisotopic (exact) mass is 463 g/mol. The van der Waals surface area contributed by atoms with Crippen LogP contribution in [0, 0.1) is 5.41 Å². The van der Waals surface area contributed by atoms with Gasteiger partial charge in [0.25, 0.3) is 0 Å². The van der Waals surface area contributed by atoms with E-state index in [4.69, 9.17) is 20.6 Å². The first-order valence-electron chi connectivity index (χ1n) is 10.8. The van der Waals surface area contributed by atoms with Crippen molar-refractivity contribution < 1.29 is 23.9 Å². The summed E-state index contributed by atoms with van der Waals surface area (Å²) in [5.41, 5.74) is 7.51. The third-order valence-corrected chi connectivity index (χ3v) is 4.77. The van der Waals surface area contributed by atoms with Crippen molar-refractivity contribution in [2.24, 2.45) is 5.73 Å². The van der Waals surface area contributed by atoms with Crippen molar-refractivity contribution in [3.05, 3.63) is 83.4 Å². The second-order valence-corrected chi connectivity index (χ2v) is 7.37. The summed E-state index contributed by atoms with van der Waals surface area (Å²) in [5.74, 6) is -0.840. The Morgan fingerprint density at radius 2 is 1.68 bits per heavy atom. The van der Waals surface area contributed by atoms with Crippen LogP contribution in [0.25, 0.3) is 6.08 Å². The number of esters is 2. The number of ether oxygens (including phenoxy) is 2. The van der Waals surface area contributed by atoms with Gasteiger partial charge in [0.1, 0.15) is 11.6 Å². The lowest BCUT2D eigenvalue weighted by atomic mass is 10.1. The first-order chi connectivity index (χ1) is 16.2. The molecule has 34 heavy (non-hydrogen) atoms. The second kappa shape index (κ2) is 12.7. The van der Waals surface area contributed by atoms with E-state index in [1.807, 2.05) is 0 Å². The minimum absolute atomic E-state index is 0.0677. The fourth-order valence-corrected chi connectivity index (χ4v) is 3.04. The number of nitrogens with one attached hydrogen (secondary N) is 1. The molecule has 0 bridgehead atoms. The summed E-state index contributed by atoms with van der Waals surface area (Å²) in [7, 11) is 0. The topological polar surface area (TPSA) is 123 Å². The highest BCUT2D eigenvalue weighted by Crippen LogP contribution is 2.16. The first-order valence-corrected chi connectivity index (χ1v) is 10.8. The van der Waals surface area contributed by atoms with Gasteiger partial charge in [-0.2, -0.15) is 0 Å². The van der Waals surface area contributed by atoms with Gasteiger partial charge in [0.05, 0.1) is 18.6 Å². The maximum Gasteiger partial charge on any atom is 0.343 e.